The Balaban J connectivity index is 1.52. The summed E-state index contributed by atoms with van der Waals surface area (Å²) in [6, 6.07) is 27.9. The van der Waals surface area contributed by atoms with E-state index in [2.05, 4.69) is 34.6 Å². The Morgan fingerprint density at radius 3 is 2.00 bits per heavy atom. The van der Waals surface area contributed by atoms with Crippen LogP contribution in [0.15, 0.2) is 90.3 Å². The van der Waals surface area contributed by atoms with Gasteiger partial charge in [-0.2, -0.15) is 0 Å². The normalized spacial score (nSPS) is 10.5. The van der Waals surface area contributed by atoms with E-state index in [0.29, 0.717) is 5.01 Å². The molecule has 1 N–H and O–H groups in total. The van der Waals surface area contributed by atoms with Crippen molar-refractivity contribution in [2.45, 2.75) is 0 Å². The zero-order valence-electron chi connectivity index (χ0n) is 13.9. The number of anilines is 1. The highest BCUT2D eigenvalue weighted by Crippen LogP contribution is 2.26. The van der Waals surface area contributed by atoms with Crippen molar-refractivity contribution in [2.24, 2.45) is 0 Å². The van der Waals surface area contributed by atoms with Gasteiger partial charge in [-0.25, -0.2) is 4.98 Å². The molecule has 1 aromatic heterocycles. The summed E-state index contributed by atoms with van der Waals surface area (Å²) < 4.78 is 0. The number of nitrogens with zero attached hydrogens (tertiary/aromatic N) is 1. The number of hydrogen-bond donors (Lipinski definition) is 1. The monoisotopic (exact) mass is 356 g/mol. The first-order chi connectivity index (χ1) is 12.8. The van der Waals surface area contributed by atoms with Crippen LogP contribution in [0.5, 0.6) is 0 Å². The van der Waals surface area contributed by atoms with Crippen molar-refractivity contribution in [2.75, 3.05) is 5.32 Å². The summed E-state index contributed by atoms with van der Waals surface area (Å²) in [5, 5.41) is 5.23. The molecule has 0 bridgehead atoms. The van der Waals surface area contributed by atoms with Crippen LogP contribution in [-0.2, 0) is 0 Å². The third-order valence-corrected chi connectivity index (χ3v) is 4.86. The number of benzene rings is 3. The number of para-hydroxylation sites is 1. The fraction of sp³-hybridized carbons (Fsp3) is 0. The summed E-state index contributed by atoms with van der Waals surface area (Å²) in [6.45, 7) is 0. The minimum absolute atomic E-state index is 0.187. The Hall–Kier alpha value is -3.24. The average molecular weight is 356 g/mol. The van der Waals surface area contributed by atoms with Gasteiger partial charge >= 0.3 is 0 Å². The van der Waals surface area contributed by atoms with Gasteiger partial charge in [0.25, 0.3) is 5.91 Å². The smallest absolute Gasteiger partial charge is 0.284 e. The van der Waals surface area contributed by atoms with Gasteiger partial charge in [-0.3, -0.25) is 4.79 Å². The number of amides is 1. The summed E-state index contributed by atoms with van der Waals surface area (Å²) in [7, 11) is 0. The first kappa shape index (κ1) is 16.2. The maximum absolute atomic E-state index is 12.3. The van der Waals surface area contributed by atoms with Crippen LogP contribution in [0.25, 0.3) is 22.4 Å². The van der Waals surface area contributed by atoms with E-state index < -0.39 is 0 Å². The molecule has 1 amide bonds. The van der Waals surface area contributed by atoms with Crippen LogP contribution < -0.4 is 5.32 Å². The summed E-state index contributed by atoms with van der Waals surface area (Å²) in [6.07, 6.45) is 0. The van der Waals surface area contributed by atoms with Crippen LogP contribution in [0.4, 0.5) is 5.69 Å². The van der Waals surface area contributed by atoms with Crippen molar-refractivity contribution in [1.29, 1.82) is 0 Å². The summed E-state index contributed by atoms with van der Waals surface area (Å²) in [4.78, 5) is 16.8. The van der Waals surface area contributed by atoms with Crippen LogP contribution in [0, 0.1) is 0 Å². The fourth-order valence-electron chi connectivity index (χ4n) is 2.68. The van der Waals surface area contributed by atoms with Crippen LogP contribution in [-0.4, -0.2) is 10.9 Å². The molecule has 0 saturated heterocycles. The molecule has 0 unspecified atom stereocenters. The molecule has 0 aliphatic heterocycles. The predicted molar refractivity (Wildman–Crippen MR) is 107 cm³/mol. The molecule has 4 rings (SSSR count). The summed E-state index contributed by atoms with van der Waals surface area (Å²) >= 11 is 1.35. The molecule has 3 nitrogen and oxygen atoms in total. The second kappa shape index (κ2) is 7.33. The number of nitrogens with one attached hydrogen (secondary N) is 1. The minimum Gasteiger partial charge on any atom is -0.320 e. The lowest BCUT2D eigenvalue weighted by Gasteiger charge is -2.03. The van der Waals surface area contributed by atoms with Crippen molar-refractivity contribution in [1.82, 2.24) is 4.98 Å². The third-order valence-electron chi connectivity index (χ3n) is 4.02. The molecule has 4 aromatic rings. The number of rotatable bonds is 4. The molecule has 0 fully saturated rings. The number of hydrogen-bond acceptors (Lipinski definition) is 3. The topological polar surface area (TPSA) is 42.0 Å². The molecule has 0 aliphatic carbocycles. The number of carbonyl (C=O) groups is 1. The van der Waals surface area contributed by atoms with E-state index in [-0.39, 0.29) is 5.91 Å². The molecule has 0 aliphatic rings. The van der Waals surface area contributed by atoms with Gasteiger partial charge in [0.1, 0.15) is 0 Å². The second-order valence-corrected chi connectivity index (χ2v) is 6.66. The van der Waals surface area contributed by atoms with Crippen molar-refractivity contribution in [3.8, 4) is 22.4 Å². The first-order valence-electron chi connectivity index (χ1n) is 8.27. The lowest BCUT2D eigenvalue weighted by atomic mass is 10.0. The molecule has 0 radical (unpaired) electrons. The predicted octanol–water partition coefficient (Wildman–Crippen LogP) is 5.73. The lowest BCUT2D eigenvalue weighted by molar-refractivity contribution is 0.102. The van der Waals surface area contributed by atoms with Gasteiger partial charge in [-0.15, -0.1) is 11.3 Å². The molecule has 0 saturated carbocycles. The van der Waals surface area contributed by atoms with Crippen LogP contribution in [0.3, 0.4) is 0 Å². The Labute approximate surface area is 156 Å². The molecular weight excluding hydrogens is 340 g/mol. The number of aromatic nitrogens is 1. The Bertz CT molecular complexity index is 1010. The van der Waals surface area contributed by atoms with E-state index >= 15 is 0 Å². The maximum atomic E-state index is 12.3. The Morgan fingerprint density at radius 1 is 0.731 bits per heavy atom. The van der Waals surface area contributed by atoms with Gasteiger partial charge in [0.2, 0.25) is 0 Å². The highest BCUT2D eigenvalue weighted by atomic mass is 32.1. The fourth-order valence-corrected chi connectivity index (χ4v) is 3.40. The van der Waals surface area contributed by atoms with Crippen LogP contribution in [0.1, 0.15) is 9.80 Å². The summed E-state index contributed by atoms with van der Waals surface area (Å²) in [5.41, 5.74) is 4.92. The Kier molecular flexibility index (Phi) is 4.58. The maximum Gasteiger partial charge on any atom is 0.284 e. The highest BCUT2D eigenvalue weighted by Gasteiger charge is 2.12. The third kappa shape index (κ3) is 3.55. The van der Waals surface area contributed by atoms with Gasteiger partial charge in [-0.05, 0) is 23.3 Å². The molecular formula is C22H16N2OS. The van der Waals surface area contributed by atoms with E-state index in [1.165, 1.54) is 16.9 Å². The minimum atomic E-state index is -0.187. The first-order valence-corrected chi connectivity index (χ1v) is 9.15. The van der Waals surface area contributed by atoms with E-state index in [1.54, 1.807) is 0 Å². The Morgan fingerprint density at radius 2 is 1.31 bits per heavy atom. The van der Waals surface area contributed by atoms with E-state index in [1.807, 2.05) is 66.0 Å². The molecule has 26 heavy (non-hydrogen) atoms. The standard InChI is InChI=1S/C22H16N2OS/c25-21(23-19-9-5-2-6-10-19)22-24-20(15-26-22)18-13-11-17(12-14-18)16-7-3-1-4-8-16/h1-15H,(H,23,25). The zero-order valence-corrected chi connectivity index (χ0v) is 14.7. The lowest BCUT2D eigenvalue weighted by Crippen LogP contribution is -2.11. The highest BCUT2D eigenvalue weighted by molar-refractivity contribution is 7.12. The van der Waals surface area contributed by atoms with E-state index in [9.17, 15) is 4.79 Å². The van der Waals surface area contributed by atoms with Crippen molar-refractivity contribution in [3.63, 3.8) is 0 Å². The molecule has 1 heterocycles. The SMILES string of the molecule is O=C(Nc1ccccc1)c1nc(-c2ccc(-c3ccccc3)cc2)cs1. The van der Waals surface area contributed by atoms with Crippen molar-refractivity contribution >= 4 is 22.9 Å². The van der Waals surface area contributed by atoms with Gasteiger partial charge < -0.3 is 5.32 Å². The average Bonchev–Trinajstić information content (AvgIpc) is 3.20. The summed E-state index contributed by atoms with van der Waals surface area (Å²) in [5.74, 6) is -0.187. The van der Waals surface area contributed by atoms with Gasteiger partial charge in [-0.1, -0.05) is 72.8 Å². The quantitative estimate of drug-likeness (QED) is 0.507. The second-order valence-electron chi connectivity index (χ2n) is 5.80. The number of thiazole rings is 1. The van der Waals surface area contributed by atoms with Gasteiger partial charge in [0.05, 0.1) is 5.69 Å². The van der Waals surface area contributed by atoms with Crippen molar-refractivity contribution in [3.05, 3.63) is 95.3 Å². The van der Waals surface area contributed by atoms with Crippen molar-refractivity contribution < 1.29 is 4.79 Å². The van der Waals surface area contributed by atoms with Crippen LogP contribution in [0.2, 0.25) is 0 Å². The van der Waals surface area contributed by atoms with Crippen LogP contribution >= 0.6 is 11.3 Å². The molecule has 0 atom stereocenters. The van der Waals surface area contributed by atoms with Gasteiger partial charge in [0.15, 0.2) is 5.01 Å². The molecule has 4 heteroatoms. The van der Waals surface area contributed by atoms with Gasteiger partial charge in [0, 0.05) is 16.6 Å². The largest absolute Gasteiger partial charge is 0.320 e. The molecule has 126 valence electrons. The van der Waals surface area contributed by atoms with E-state index in [4.69, 9.17) is 0 Å². The van der Waals surface area contributed by atoms with E-state index in [0.717, 1.165) is 22.5 Å². The molecule has 3 aromatic carbocycles. The number of carbonyl (C=O) groups excluding carboxylic acids is 1. The molecule has 0 spiro atoms. The zero-order chi connectivity index (χ0) is 17.8.